The quantitative estimate of drug-likeness (QED) is 0.519. The minimum atomic E-state index is 0.508. The Hall–Kier alpha value is -0.590. The maximum absolute atomic E-state index is 11.3. The first-order valence-electron chi connectivity index (χ1n) is 5.39. The first kappa shape index (κ1) is 7.78. The minimum Gasteiger partial charge on any atom is -0.300 e. The lowest BCUT2D eigenvalue weighted by atomic mass is 9.65. The third-order valence-corrected chi connectivity index (χ3v) is 4.62. The van der Waals surface area contributed by atoms with Gasteiger partial charge in [0.05, 0.1) is 0 Å². The Morgan fingerprint density at radius 3 is 3.08 bits per heavy atom. The second kappa shape index (κ2) is 2.26. The van der Waals surface area contributed by atoms with Crippen LogP contribution < -0.4 is 0 Å². The third kappa shape index (κ3) is 0.905. The normalized spacial score (nSPS) is 48.3. The topological polar surface area (TPSA) is 17.1 Å². The highest BCUT2D eigenvalue weighted by Gasteiger charge is 2.55. The van der Waals surface area contributed by atoms with Crippen LogP contribution in [0.25, 0.3) is 0 Å². The van der Waals surface area contributed by atoms with Crippen LogP contribution in [0.15, 0.2) is 12.2 Å². The summed E-state index contributed by atoms with van der Waals surface area (Å²) >= 11 is 0. The Labute approximate surface area is 79.2 Å². The van der Waals surface area contributed by atoms with E-state index < -0.39 is 0 Å². The second-order valence-electron chi connectivity index (χ2n) is 5.27. The van der Waals surface area contributed by atoms with Crippen LogP contribution in [0.3, 0.4) is 0 Å². The number of allylic oxidation sites excluding steroid dienone is 1. The predicted molar refractivity (Wildman–Crippen MR) is 51.3 cm³/mol. The summed E-state index contributed by atoms with van der Waals surface area (Å²) in [5, 5.41) is 0. The summed E-state index contributed by atoms with van der Waals surface area (Å²) in [6.07, 6.45) is 6.73. The van der Waals surface area contributed by atoms with Gasteiger partial charge >= 0.3 is 0 Å². The zero-order valence-corrected chi connectivity index (χ0v) is 8.01. The fraction of sp³-hybridized carbons (Fsp3) is 0.750. The van der Waals surface area contributed by atoms with Crippen LogP contribution in [0, 0.1) is 17.3 Å². The van der Waals surface area contributed by atoms with E-state index in [0.717, 1.165) is 31.1 Å². The average Bonchev–Trinajstić information content (AvgIpc) is 2.56. The van der Waals surface area contributed by atoms with E-state index in [4.69, 9.17) is 0 Å². The Kier molecular flexibility index (Phi) is 1.35. The number of carbonyl (C=O) groups excluding carboxylic acids is 1. The van der Waals surface area contributed by atoms with Gasteiger partial charge in [0.1, 0.15) is 5.78 Å². The van der Waals surface area contributed by atoms with E-state index in [-0.39, 0.29) is 0 Å². The van der Waals surface area contributed by atoms with Crippen LogP contribution in [-0.2, 0) is 4.79 Å². The maximum atomic E-state index is 11.3. The Morgan fingerprint density at radius 1 is 1.46 bits per heavy atom. The van der Waals surface area contributed by atoms with E-state index in [9.17, 15) is 4.79 Å². The van der Waals surface area contributed by atoms with Gasteiger partial charge < -0.3 is 0 Å². The lowest BCUT2D eigenvalue weighted by Gasteiger charge is -2.38. The van der Waals surface area contributed by atoms with Crippen molar-refractivity contribution in [2.75, 3.05) is 0 Å². The highest BCUT2D eigenvalue weighted by Crippen LogP contribution is 2.64. The fourth-order valence-electron chi connectivity index (χ4n) is 3.92. The first-order chi connectivity index (χ1) is 6.20. The molecule has 0 radical (unpaired) electrons. The van der Waals surface area contributed by atoms with Crippen molar-refractivity contribution < 1.29 is 4.79 Å². The molecule has 13 heavy (non-hydrogen) atoms. The van der Waals surface area contributed by atoms with E-state index in [1.807, 2.05) is 0 Å². The summed E-state index contributed by atoms with van der Waals surface area (Å²) in [7, 11) is 0. The second-order valence-corrected chi connectivity index (χ2v) is 5.27. The molecule has 0 unspecified atom stereocenters. The Morgan fingerprint density at radius 2 is 2.31 bits per heavy atom. The largest absolute Gasteiger partial charge is 0.300 e. The van der Waals surface area contributed by atoms with Crippen molar-refractivity contribution in [3.05, 3.63) is 12.2 Å². The molecule has 1 spiro atoms. The van der Waals surface area contributed by atoms with E-state index in [1.54, 1.807) is 0 Å². The molecule has 1 nitrogen and oxygen atoms in total. The van der Waals surface area contributed by atoms with Gasteiger partial charge in [-0.3, -0.25) is 4.79 Å². The van der Waals surface area contributed by atoms with Crippen molar-refractivity contribution in [1.82, 2.24) is 0 Å². The van der Waals surface area contributed by atoms with Crippen LogP contribution >= 0.6 is 0 Å². The van der Waals surface area contributed by atoms with Crippen molar-refractivity contribution in [1.29, 1.82) is 0 Å². The van der Waals surface area contributed by atoms with Crippen molar-refractivity contribution in [2.45, 2.75) is 38.5 Å². The van der Waals surface area contributed by atoms with Gasteiger partial charge in [0, 0.05) is 12.8 Å². The molecule has 3 rings (SSSR count). The van der Waals surface area contributed by atoms with Gasteiger partial charge in [-0.25, -0.2) is 0 Å². The number of hydrogen-bond acceptors (Lipinski definition) is 1. The number of Topliss-reactive ketones (excluding diaryl/α,β-unsaturated/α-hetero) is 1. The van der Waals surface area contributed by atoms with Crippen molar-refractivity contribution in [2.24, 2.45) is 17.3 Å². The van der Waals surface area contributed by atoms with Crippen molar-refractivity contribution in [3.8, 4) is 0 Å². The van der Waals surface area contributed by atoms with Gasteiger partial charge in [0.15, 0.2) is 0 Å². The smallest absolute Gasteiger partial charge is 0.133 e. The highest BCUT2D eigenvalue weighted by molar-refractivity contribution is 5.80. The molecule has 0 aromatic heterocycles. The number of rotatable bonds is 0. The Bertz CT molecular complexity index is 291. The molecule has 0 heterocycles. The molecule has 0 aromatic carbocycles. The number of ketones is 1. The lowest BCUT2D eigenvalue weighted by molar-refractivity contribution is -0.124. The summed E-state index contributed by atoms with van der Waals surface area (Å²) in [5.74, 6) is 2.01. The summed E-state index contributed by atoms with van der Waals surface area (Å²) in [4.78, 5) is 11.3. The average molecular weight is 176 g/mol. The molecule has 3 aliphatic rings. The van der Waals surface area contributed by atoms with Gasteiger partial charge in [-0.05, 0) is 42.9 Å². The van der Waals surface area contributed by atoms with Crippen molar-refractivity contribution in [3.63, 3.8) is 0 Å². The molecule has 3 fully saturated rings. The molecule has 0 aromatic rings. The molecule has 3 saturated carbocycles. The summed E-state index contributed by atoms with van der Waals surface area (Å²) in [6.45, 7) is 4.16. The van der Waals surface area contributed by atoms with E-state index in [2.05, 4.69) is 6.58 Å². The molecular formula is C12H16O. The highest BCUT2D eigenvalue weighted by atomic mass is 16.1. The van der Waals surface area contributed by atoms with E-state index in [0.29, 0.717) is 11.2 Å². The lowest BCUT2D eigenvalue weighted by Crippen LogP contribution is -2.32. The van der Waals surface area contributed by atoms with Gasteiger partial charge in [0.25, 0.3) is 0 Å². The molecule has 2 bridgehead atoms. The van der Waals surface area contributed by atoms with Crippen LogP contribution in [0.2, 0.25) is 0 Å². The monoisotopic (exact) mass is 176 g/mol. The molecule has 3 atom stereocenters. The van der Waals surface area contributed by atoms with Gasteiger partial charge in [-0.15, -0.1) is 0 Å². The fourth-order valence-corrected chi connectivity index (χ4v) is 3.92. The van der Waals surface area contributed by atoms with Gasteiger partial charge in [-0.1, -0.05) is 12.2 Å². The van der Waals surface area contributed by atoms with Gasteiger partial charge in [-0.2, -0.15) is 0 Å². The third-order valence-electron chi connectivity index (χ3n) is 4.62. The predicted octanol–water partition coefficient (Wildman–Crippen LogP) is 2.71. The zero-order chi connectivity index (χ0) is 9.05. The minimum absolute atomic E-state index is 0.508. The molecule has 70 valence electrons. The van der Waals surface area contributed by atoms with Crippen LogP contribution in [0.1, 0.15) is 38.5 Å². The first-order valence-corrected chi connectivity index (χ1v) is 5.39. The molecule has 3 aliphatic carbocycles. The molecular weight excluding hydrogens is 160 g/mol. The molecule has 0 aliphatic heterocycles. The molecule has 0 N–H and O–H groups in total. The summed E-state index contributed by atoms with van der Waals surface area (Å²) < 4.78 is 0. The van der Waals surface area contributed by atoms with Crippen LogP contribution in [0.4, 0.5) is 0 Å². The SMILES string of the molecule is C=C1C[C@@]23CCC(=O)C[C@H]2C[C@H]1C3. The molecule has 0 amide bonds. The molecule has 1 heteroatoms. The summed E-state index contributed by atoms with van der Waals surface area (Å²) in [5.41, 5.74) is 2.01. The number of fused-ring (bicyclic) bond motifs is 1. The maximum Gasteiger partial charge on any atom is 0.133 e. The Balaban J connectivity index is 1.93. The molecule has 0 saturated heterocycles. The van der Waals surface area contributed by atoms with Crippen molar-refractivity contribution >= 4 is 5.78 Å². The standard InChI is InChI=1S/C12H16O/c1-8-6-12-3-2-11(13)5-10(12)4-9(8)7-12/h9-10H,1-7H2/t9-,10+,12+/m0/s1. The zero-order valence-electron chi connectivity index (χ0n) is 8.01. The summed E-state index contributed by atoms with van der Waals surface area (Å²) in [6, 6.07) is 0. The van der Waals surface area contributed by atoms with Crippen LogP contribution in [-0.4, -0.2) is 5.78 Å². The van der Waals surface area contributed by atoms with E-state index >= 15 is 0 Å². The van der Waals surface area contributed by atoms with E-state index in [1.165, 1.54) is 24.8 Å². The number of carbonyl (C=O) groups is 1. The number of hydrogen-bond donors (Lipinski definition) is 0. The van der Waals surface area contributed by atoms with Crippen LogP contribution in [0.5, 0.6) is 0 Å². The van der Waals surface area contributed by atoms with Gasteiger partial charge in [0.2, 0.25) is 0 Å².